The number of piperidine rings is 1. The molecule has 4 rings (SSSR count). The lowest BCUT2D eigenvalue weighted by atomic mass is 9.85. The lowest BCUT2D eigenvalue weighted by Gasteiger charge is -2.34. The SMILES string of the molecule is CS(=O)(=O)c1ccc(C=C2CN(C(=O)c3ccc(O)cc3)CC(c3ccc(O)cc3)C2=O)cc1. The number of rotatable bonds is 4. The minimum absolute atomic E-state index is 0.0467. The molecule has 3 aromatic carbocycles. The predicted molar refractivity (Wildman–Crippen MR) is 127 cm³/mol. The summed E-state index contributed by atoms with van der Waals surface area (Å²) in [6.07, 6.45) is 2.79. The van der Waals surface area contributed by atoms with Crippen LogP contribution in [0.1, 0.15) is 27.4 Å². The Morgan fingerprint density at radius 2 is 1.47 bits per heavy atom. The van der Waals surface area contributed by atoms with Crippen molar-refractivity contribution in [1.82, 2.24) is 4.90 Å². The van der Waals surface area contributed by atoms with E-state index in [0.29, 0.717) is 22.3 Å². The first kappa shape index (κ1) is 23.3. The Bertz CT molecular complexity index is 1360. The number of hydrogen-bond acceptors (Lipinski definition) is 6. The van der Waals surface area contributed by atoms with E-state index in [-0.39, 0.29) is 41.2 Å². The van der Waals surface area contributed by atoms with Crippen LogP contribution in [0.5, 0.6) is 11.5 Å². The average molecular weight is 478 g/mol. The van der Waals surface area contributed by atoms with Crippen LogP contribution in [0.15, 0.2) is 83.3 Å². The number of Topliss-reactive ketones (excluding diaryl/α,β-unsaturated/α-hetero) is 1. The van der Waals surface area contributed by atoms with Crippen LogP contribution in [0, 0.1) is 0 Å². The van der Waals surface area contributed by atoms with Crippen molar-refractivity contribution in [2.75, 3.05) is 19.3 Å². The van der Waals surface area contributed by atoms with Crippen molar-refractivity contribution >= 4 is 27.6 Å². The van der Waals surface area contributed by atoms with Crippen molar-refractivity contribution < 1.29 is 28.2 Å². The van der Waals surface area contributed by atoms with Gasteiger partial charge >= 0.3 is 0 Å². The average Bonchev–Trinajstić information content (AvgIpc) is 2.81. The van der Waals surface area contributed by atoms with Crippen molar-refractivity contribution in [1.29, 1.82) is 0 Å². The second-order valence-corrected chi connectivity index (χ2v) is 10.3. The summed E-state index contributed by atoms with van der Waals surface area (Å²) < 4.78 is 23.5. The Labute approximate surface area is 197 Å². The summed E-state index contributed by atoms with van der Waals surface area (Å²) in [5, 5.41) is 19.2. The van der Waals surface area contributed by atoms with E-state index in [1.54, 1.807) is 35.2 Å². The fraction of sp³-hybridized carbons (Fsp3) is 0.154. The Morgan fingerprint density at radius 1 is 0.912 bits per heavy atom. The number of benzene rings is 3. The van der Waals surface area contributed by atoms with Gasteiger partial charge in [-0.15, -0.1) is 0 Å². The molecule has 8 heteroatoms. The van der Waals surface area contributed by atoms with Gasteiger partial charge in [0.05, 0.1) is 10.8 Å². The summed E-state index contributed by atoms with van der Waals surface area (Å²) in [4.78, 5) is 28.3. The normalized spacial score (nSPS) is 17.7. The van der Waals surface area contributed by atoms with Crippen LogP contribution in [0.25, 0.3) is 6.08 Å². The molecule has 0 bridgehead atoms. The fourth-order valence-electron chi connectivity index (χ4n) is 3.91. The maximum atomic E-state index is 13.4. The molecule has 0 saturated carbocycles. The number of carbonyl (C=O) groups is 2. The van der Waals surface area contributed by atoms with E-state index in [0.717, 1.165) is 6.26 Å². The van der Waals surface area contributed by atoms with Crippen LogP contribution >= 0.6 is 0 Å². The molecule has 1 amide bonds. The topological polar surface area (TPSA) is 112 Å². The molecule has 1 atom stereocenters. The van der Waals surface area contributed by atoms with E-state index in [2.05, 4.69) is 0 Å². The van der Waals surface area contributed by atoms with Crippen LogP contribution in [0.3, 0.4) is 0 Å². The molecule has 1 unspecified atom stereocenters. The molecule has 0 aliphatic carbocycles. The van der Waals surface area contributed by atoms with E-state index in [1.165, 1.54) is 48.5 Å². The number of likely N-dealkylation sites (tertiary alicyclic amines) is 1. The van der Waals surface area contributed by atoms with E-state index in [4.69, 9.17) is 0 Å². The number of carbonyl (C=O) groups excluding carboxylic acids is 2. The second kappa shape index (κ2) is 9.15. The van der Waals surface area contributed by atoms with Crippen LogP contribution in [0.4, 0.5) is 0 Å². The quantitative estimate of drug-likeness (QED) is 0.557. The molecular weight excluding hydrogens is 454 g/mol. The van der Waals surface area contributed by atoms with Crippen LogP contribution < -0.4 is 0 Å². The molecule has 1 aliphatic rings. The number of phenolic OH excluding ortho intramolecular Hbond substituents is 2. The molecule has 1 saturated heterocycles. The molecule has 0 spiro atoms. The van der Waals surface area contributed by atoms with E-state index >= 15 is 0 Å². The molecule has 1 fully saturated rings. The molecule has 2 N–H and O–H groups in total. The summed E-state index contributed by atoms with van der Waals surface area (Å²) in [5.41, 5.74) is 2.10. The van der Waals surface area contributed by atoms with Gasteiger partial charge in [0, 0.05) is 30.5 Å². The number of hydrogen-bond donors (Lipinski definition) is 2. The molecule has 1 heterocycles. The second-order valence-electron chi connectivity index (χ2n) is 8.25. The molecule has 7 nitrogen and oxygen atoms in total. The largest absolute Gasteiger partial charge is 0.508 e. The number of ketones is 1. The van der Waals surface area contributed by atoms with Crippen molar-refractivity contribution in [2.24, 2.45) is 0 Å². The highest BCUT2D eigenvalue weighted by Crippen LogP contribution is 2.30. The van der Waals surface area contributed by atoms with Crippen molar-refractivity contribution in [3.8, 4) is 11.5 Å². The summed E-state index contributed by atoms with van der Waals surface area (Å²) in [6.45, 7) is 0.245. The number of sulfone groups is 1. The Hall–Kier alpha value is -3.91. The van der Waals surface area contributed by atoms with Gasteiger partial charge in [-0.25, -0.2) is 8.42 Å². The monoisotopic (exact) mass is 477 g/mol. The number of phenols is 2. The van der Waals surface area contributed by atoms with Gasteiger partial charge in [0.2, 0.25) is 0 Å². The lowest BCUT2D eigenvalue weighted by molar-refractivity contribution is -0.118. The van der Waals surface area contributed by atoms with Gasteiger partial charge < -0.3 is 15.1 Å². The van der Waals surface area contributed by atoms with Crippen LogP contribution in [-0.2, 0) is 14.6 Å². The van der Waals surface area contributed by atoms with Crippen molar-refractivity contribution in [3.05, 3.63) is 95.1 Å². The van der Waals surface area contributed by atoms with Crippen LogP contribution in [-0.4, -0.2) is 54.6 Å². The molecule has 34 heavy (non-hydrogen) atoms. The molecule has 3 aromatic rings. The van der Waals surface area contributed by atoms with E-state index in [9.17, 15) is 28.2 Å². The highest BCUT2D eigenvalue weighted by atomic mass is 32.2. The third-order valence-electron chi connectivity index (χ3n) is 5.74. The Morgan fingerprint density at radius 3 is 2.03 bits per heavy atom. The highest BCUT2D eigenvalue weighted by Gasteiger charge is 2.34. The zero-order valence-corrected chi connectivity index (χ0v) is 19.2. The molecule has 0 radical (unpaired) electrons. The van der Waals surface area contributed by atoms with Gasteiger partial charge in [0.25, 0.3) is 5.91 Å². The van der Waals surface area contributed by atoms with E-state index < -0.39 is 15.8 Å². The summed E-state index contributed by atoms with van der Waals surface area (Å²) in [6, 6.07) is 18.4. The zero-order chi connectivity index (χ0) is 24.5. The van der Waals surface area contributed by atoms with Gasteiger partial charge in [0.1, 0.15) is 11.5 Å². The van der Waals surface area contributed by atoms with Crippen LogP contribution in [0.2, 0.25) is 0 Å². The van der Waals surface area contributed by atoms with Crippen molar-refractivity contribution in [3.63, 3.8) is 0 Å². The molecule has 174 valence electrons. The number of amides is 1. The third-order valence-corrected chi connectivity index (χ3v) is 6.87. The van der Waals surface area contributed by atoms with E-state index in [1.807, 2.05) is 0 Å². The Balaban J connectivity index is 1.71. The Kier molecular flexibility index (Phi) is 6.26. The standard InChI is InChI=1S/C26H23NO6S/c1-34(32,33)23-12-2-17(3-13-23)14-20-15-27(26(31)19-6-10-22(29)11-7-19)16-24(25(20)30)18-4-8-21(28)9-5-18/h2-14,24,28-29H,15-16H2,1H3. The summed E-state index contributed by atoms with van der Waals surface area (Å²) in [7, 11) is -3.34. The first-order valence-electron chi connectivity index (χ1n) is 10.5. The number of nitrogens with zero attached hydrogens (tertiary/aromatic N) is 1. The first-order chi connectivity index (χ1) is 16.1. The maximum Gasteiger partial charge on any atom is 0.254 e. The fourth-order valence-corrected chi connectivity index (χ4v) is 4.54. The van der Waals surface area contributed by atoms with Gasteiger partial charge in [0.15, 0.2) is 15.6 Å². The van der Waals surface area contributed by atoms with Gasteiger partial charge in [-0.05, 0) is 65.7 Å². The number of aromatic hydroxyl groups is 2. The van der Waals surface area contributed by atoms with Gasteiger partial charge in [-0.3, -0.25) is 9.59 Å². The van der Waals surface area contributed by atoms with Gasteiger partial charge in [-0.1, -0.05) is 24.3 Å². The smallest absolute Gasteiger partial charge is 0.254 e. The highest BCUT2D eigenvalue weighted by molar-refractivity contribution is 7.90. The molecular formula is C26H23NO6S. The minimum Gasteiger partial charge on any atom is -0.508 e. The lowest BCUT2D eigenvalue weighted by Crippen LogP contribution is -2.44. The third kappa shape index (κ3) is 5.02. The predicted octanol–water partition coefficient (Wildman–Crippen LogP) is 3.39. The zero-order valence-electron chi connectivity index (χ0n) is 18.4. The molecule has 1 aliphatic heterocycles. The summed E-state index contributed by atoms with van der Waals surface area (Å²) >= 11 is 0. The first-order valence-corrected chi connectivity index (χ1v) is 12.4. The van der Waals surface area contributed by atoms with Crippen molar-refractivity contribution in [2.45, 2.75) is 10.8 Å². The molecule has 0 aromatic heterocycles. The maximum absolute atomic E-state index is 13.4. The van der Waals surface area contributed by atoms with Gasteiger partial charge in [-0.2, -0.15) is 0 Å². The summed E-state index contributed by atoms with van der Waals surface area (Å²) in [5.74, 6) is -0.935. The minimum atomic E-state index is -3.34.